The van der Waals surface area contributed by atoms with E-state index in [1.165, 1.54) is 6.08 Å². The number of carbonyl (C=O) groups excluding carboxylic acids is 1. The maximum atomic E-state index is 12.1. The number of para-hydroxylation sites is 1. The lowest BCUT2D eigenvalue weighted by molar-refractivity contribution is -0.137. The van der Waals surface area contributed by atoms with Crippen molar-refractivity contribution in [3.05, 3.63) is 42.5 Å². The van der Waals surface area contributed by atoms with Gasteiger partial charge in [-0.2, -0.15) is 0 Å². The van der Waals surface area contributed by atoms with Crippen LogP contribution in [0, 0.1) is 0 Å². The number of anilines is 1. The van der Waals surface area contributed by atoms with Crippen LogP contribution in [0.1, 0.15) is 30.7 Å². The van der Waals surface area contributed by atoms with Crippen molar-refractivity contribution in [3.63, 3.8) is 0 Å². The van der Waals surface area contributed by atoms with E-state index in [9.17, 15) is 9.59 Å². The van der Waals surface area contributed by atoms with Crippen molar-refractivity contribution in [2.75, 3.05) is 18.1 Å². The Morgan fingerprint density at radius 2 is 2.19 bits per heavy atom. The third kappa shape index (κ3) is 3.62. The Kier molecular flexibility index (Phi) is 4.98. The van der Waals surface area contributed by atoms with E-state index in [1.807, 2.05) is 24.3 Å². The fourth-order valence-corrected chi connectivity index (χ4v) is 2.67. The van der Waals surface area contributed by atoms with Crippen LogP contribution in [0.4, 0.5) is 10.5 Å². The molecule has 0 fully saturated rings. The number of fused-ring (bicyclic) bond motifs is 1. The molecule has 21 heavy (non-hydrogen) atoms. The monoisotopic (exact) mass is 289 g/mol. The Morgan fingerprint density at radius 1 is 1.43 bits per heavy atom. The second kappa shape index (κ2) is 6.92. The molecule has 1 aliphatic heterocycles. The fourth-order valence-electron chi connectivity index (χ4n) is 2.67. The molecule has 0 saturated carbocycles. The van der Waals surface area contributed by atoms with E-state index in [1.54, 1.807) is 4.90 Å². The Balaban J connectivity index is 2.30. The zero-order valence-electron chi connectivity index (χ0n) is 11.8. The number of aliphatic carboxylic acids is 1. The lowest BCUT2D eigenvalue weighted by Gasteiger charge is -2.23. The second-order valence-electron chi connectivity index (χ2n) is 5.01. The van der Waals surface area contributed by atoms with Gasteiger partial charge in [0.15, 0.2) is 0 Å². The van der Waals surface area contributed by atoms with Crippen LogP contribution in [0.3, 0.4) is 0 Å². The number of nitrogens with zero attached hydrogens (tertiary/aromatic N) is 1. The average Bonchev–Trinajstić information content (AvgIpc) is 2.64. The molecular weight excluding hydrogens is 270 g/mol. The van der Waals surface area contributed by atoms with Gasteiger partial charge in [-0.3, -0.25) is 9.69 Å². The van der Waals surface area contributed by atoms with Gasteiger partial charge in [0.25, 0.3) is 0 Å². The SMILES string of the molecule is C=CCOC(=O)N1CCCC(CC(=O)O)c2ccccc21. The quantitative estimate of drug-likeness (QED) is 0.864. The molecule has 0 aromatic heterocycles. The number of amides is 1. The van der Waals surface area contributed by atoms with Gasteiger partial charge in [0, 0.05) is 6.54 Å². The Bertz CT molecular complexity index is 541. The average molecular weight is 289 g/mol. The fraction of sp³-hybridized carbons (Fsp3) is 0.375. The molecular formula is C16H19NO4. The van der Waals surface area contributed by atoms with Crippen molar-refractivity contribution >= 4 is 17.7 Å². The molecule has 2 rings (SSSR count). The first-order valence-electron chi connectivity index (χ1n) is 6.99. The molecule has 1 amide bonds. The Hall–Kier alpha value is -2.30. The van der Waals surface area contributed by atoms with Crippen LogP contribution >= 0.6 is 0 Å². The highest BCUT2D eigenvalue weighted by Crippen LogP contribution is 2.36. The number of carboxylic acids is 1. The molecule has 1 heterocycles. The summed E-state index contributed by atoms with van der Waals surface area (Å²) in [5.41, 5.74) is 1.64. The topological polar surface area (TPSA) is 66.8 Å². The predicted molar refractivity (Wildman–Crippen MR) is 79.6 cm³/mol. The number of carboxylic acid groups (broad SMARTS) is 1. The summed E-state index contributed by atoms with van der Waals surface area (Å²) in [4.78, 5) is 24.8. The number of ether oxygens (including phenoxy) is 1. The summed E-state index contributed by atoms with van der Waals surface area (Å²) >= 11 is 0. The van der Waals surface area contributed by atoms with Crippen molar-refractivity contribution in [2.45, 2.75) is 25.2 Å². The molecule has 1 N–H and O–H groups in total. The largest absolute Gasteiger partial charge is 0.481 e. The standard InChI is InChI=1S/C16H19NO4/c1-2-10-21-16(20)17-9-5-6-12(11-15(18)19)13-7-3-4-8-14(13)17/h2-4,7-8,12H,1,5-6,9-11H2,(H,18,19). The van der Waals surface area contributed by atoms with E-state index in [4.69, 9.17) is 9.84 Å². The van der Waals surface area contributed by atoms with E-state index >= 15 is 0 Å². The van der Waals surface area contributed by atoms with Gasteiger partial charge in [-0.1, -0.05) is 30.9 Å². The minimum absolute atomic E-state index is 0.0732. The third-order valence-electron chi connectivity index (χ3n) is 3.57. The third-order valence-corrected chi connectivity index (χ3v) is 3.57. The van der Waals surface area contributed by atoms with Crippen LogP contribution in [0.5, 0.6) is 0 Å². The summed E-state index contributed by atoms with van der Waals surface area (Å²) in [6.45, 7) is 4.22. The molecule has 1 aromatic rings. The van der Waals surface area contributed by atoms with Crippen molar-refractivity contribution in [2.24, 2.45) is 0 Å². The number of carbonyl (C=O) groups is 2. The molecule has 112 valence electrons. The van der Waals surface area contributed by atoms with Gasteiger partial charge in [0.05, 0.1) is 12.1 Å². The first-order valence-corrected chi connectivity index (χ1v) is 6.99. The number of benzene rings is 1. The van der Waals surface area contributed by atoms with E-state index in [2.05, 4.69) is 6.58 Å². The molecule has 1 unspecified atom stereocenters. The van der Waals surface area contributed by atoms with Crippen LogP contribution < -0.4 is 4.90 Å². The zero-order chi connectivity index (χ0) is 15.2. The summed E-state index contributed by atoms with van der Waals surface area (Å²) in [7, 11) is 0. The van der Waals surface area contributed by atoms with Crippen LogP contribution in [-0.4, -0.2) is 30.3 Å². The lowest BCUT2D eigenvalue weighted by atomic mass is 9.91. The highest BCUT2D eigenvalue weighted by atomic mass is 16.6. The normalized spacial score (nSPS) is 17.5. The zero-order valence-corrected chi connectivity index (χ0v) is 11.8. The van der Waals surface area contributed by atoms with E-state index < -0.39 is 12.1 Å². The summed E-state index contributed by atoms with van der Waals surface area (Å²) in [6, 6.07) is 7.44. The molecule has 5 nitrogen and oxygen atoms in total. The summed E-state index contributed by atoms with van der Waals surface area (Å²) < 4.78 is 5.11. The van der Waals surface area contributed by atoms with Gasteiger partial charge >= 0.3 is 12.1 Å². The highest BCUT2D eigenvalue weighted by Gasteiger charge is 2.28. The summed E-state index contributed by atoms with van der Waals surface area (Å²) in [5, 5.41) is 9.06. The van der Waals surface area contributed by atoms with Crippen molar-refractivity contribution in [3.8, 4) is 0 Å². The molecule has 0 saturated heterocycles. The van der Waals surface area contributed by atoms with E-state index in [0.717, 1.165) is 24.1 Å². The highest BCUT2D eigenvalue weighted by molar-refractivity contribution is 5.89. The molecule has 0 bridgehead atoms. The molecule has 5 heteroatoms. The molecule has 0 spiro atoms. The maximum absolute atomic E-state index is 12.1. The van der Waals surface area contributed by atoms with Gasteiger partial charge in [-0.15, -0.1) is 0 Å². The summed E-state index contributed by atoms with van der Waals surface area (Å²) in [5.74, 6) is -0.895. The van der Waals surface area contributed by atoms with Crippen LogP contribution in [-0.2, 0) is 9.53 Å². The number of hydrogen-bond acceptors (Lipinski definition) is 3. The molecule has 1 aromatic carbocycles. The van der Waals surface area contributed by atoms with E-state index in [-0.39, 0.29) is 18.9 Å². The lowest BCUT2D eigenvalue weighted by Crippen LogP contribution is -2.32. The van der Waals surface area contributed by atoms with Gasteiger partial charge < -0.3 is 9.84 Å². The number of hydrogen-bond donors (Lipinski definition) is 1. The van der Waals surface area contributed by atoms with Crippen LogP contribution in [0.15, 0.2) is 36.9 Å². The Labute approximate surface area is 123 Å². The Morgan fingerprint density at radius 3 is 2.90 bits per heavy atom. The predicted octanol–water partition coefficient (Wildman–Crippen LogP) is 3.17. The second-order valence-corrected chi connectivity index (χ2v) is 5.01. The maximum Gasteiger partial charge on any atom is 0.414 e. The van der Waals surface area contributed by atoms with Gasteiger partial charge in [0.1, 0.15) is 6.61 Å². The van der Waals surface area contributed by atoms with Crippen molar-refractivity contribution < 1.29 is 19.4 Å². The van der Waals surface area contributed by atoms with Gasteiger partial charge in [-0.05, 0) is 30.4 Å². The first kappa shape index (κ1) is 15.1. The molecule has 1 atom stereocenters. The number of rotatable bonds is 4. The summed E-state index contributed by atoms with van der Waals surface area (Å²) in [6.07, 6.45) is 2.67. The van der Waals surface area contributed by atoms with Crippen LogP contribution in [0.2, 0.25) is 0 Å². The van der Waals surface area contributed by atoms with Gasteiger partial charge in [-0.25, -0.2) is 4.79 Å². The minimum Gasteiger partial charge on any atom is -0.481 e. The smallest absolute Gasteiger partial charge is 0.414 e. The molecule has 0 radical (unpaired) electrons. The van der Waals surface area contributed by atoms with Crippen molar-refractivity contribution in [1.82, 2.24) is 0 Å². The molecule has 1 aliphatic rings. The van der Waals surface area contributed by atoms with Crippen molar-refractivity contribution in [1.29, 1.82) is 0 Å². The first-order chi connectivity index (χ1) is 10.1. The minimum atomic E-state index is -0.822. The molecule has 0 aliphatic carbocycles. The van der Waals surface area contributed by atoms with E-state index in [0.29, 0.717) is 6.54 Å². The van der Waals surface area contributed by atoms with Gasteiger partial charge in [0.2, 0.25) is 0 Å². The van der Waals surface area contributed by atoms with Crippen LogP contribution in [0.25, 0.3) is 0 Å².